The second-order valence-corrected chi connectivity index (χ2v) is 2.87. The van der Waals surface area contributed by atoms with Crippen molar-refractivity contribution in [3.05, 3.63) is 12.2 Å². The van der Waals surface area contributed by atoms with Crippen molar-refractivity contribution in [2.75, 3.05) is 0 Å². The highest BCUT2D eigenvalue weighted by molar-refractivity contribution is 4.93. The van der Waals surface area contributed by atoms with E-state index in [-0.39, 0.29) is 0 Å². The van der Waals surface area contributed by atoms with Gasteiger partial charge in [-0.2, -0.15) is 0 Å². The molecule has 1 unspecified atom stereocenters. The average molecular weight is 166 g/mol. The zero-order valence-corrected chi connectivity index (χ0v) is 7.79. The number of rotatable bonds is 6. The standard InChI is InChI=1S/C11H18O/c1-3-5-6-7-8-9-10-11(12)4-2/h2,6-7,11-12H,3,5,8-10H2,1H3/b7-6+. The smallest absolute Gasteiger partial charge is 0.114 e. The molecule has 0 fully saturated rings. The van der Waals surface area contributed by atoms with Crippen molar-refractivity contribution in [1.29, 1.82) is 0 Å². The second-order valence-electron chi connectivity index (χ2n) is 2.87. The van der Waals surface area contributed by atoms with Crippen molar-refractivity contribution in [3.8, 4) is 12.3 Å². The van der Waals surface area contributed by atoms with Gasteiger partial charge < -0.3 is 5.11 Å². The van der Waals surface area contributed by atoms with Crippen molar-refractivity contribution in [3.63, 3.8) is 0 Å². The van der Waals surface area contributed by atoms with Crippen LogP contribution in [0.4, 0.5) is 0 Å². The summed E-state index contributed by atoms with van der Waals surface area (Å²) >= 11 is 0. The van der Waals surface area contributed by atoms with Crippen LogP contribution in [-0.4, -0.2) is 11.2 Å². The van der Waals surface area contributed by atoms with E-state index in [1.54, 1.807) is 0 Å². The summed E-state index contributed by atoms with van der Waals surface area (Å²) in [6, 6.07) is 0. The fraction of sp³-hybridized carbons (Fsp3) is 0.636. The van der Waals surface area contributed by atoms with Gasteiger partial charge in [0.15, 0.2) is 0 Å². The van der Waals surface area contributed by atoms with E-state index in [0.717, 1.165) is 19.3 Å². The molecule has 0 saturated heterocycles. The quantitative estimate of drug-likeness (QED) is 0.365. The maximum absolute atomic E-state index is 9.00. The molecular formula is C11H18O. The Labute approximate surface area is 75.5 Å². The van der Waals surface area contributed by atoms with Crippen molar-refractivity contribution < 1.29 is 5.11 Å². The predicted molar refractivity (Wildman–Crippen MR) is 52.7 cm³/mol. The number of unbranched alkanes of at least 4 members (excludes halogenated alkanes) is 2. The fourth-order valence-electron chi connectivity index (χ4n) is 0.915. The van der Waals surface area contributed by atoms with E-state index in [1.807, 2.05) is 0 Å². The van der Waals surface area contributed by atoms with Crippen LogP contribution in [0.15, 0.2) is 12.2 Å². The fourth-order valence-corrected chi connectivity index (χ4v) is 0.915. The number of terminal acetylenes is 1. The molecule has 68 valence electrons. The summed E-state index contributed by atoms with van der Waals surface area (Å²) in [5, 5.41) is 9.00. The van der Waals surface area contributed by atoms with Crippen LogP contribution in [0.25, 0.3) is 0 Å². The molecule has 0 spiro atoms. The molecule has 0 aliphatic rings. The molecule has 0 aliphatic carbocycles. The molecule has 0 rings (SSSR count). The molecule has 1 N–H and O–H groups in total. The molecule has 12 heavy (non-hydrogen) atoms. The summed E-state index contributed by atoms with van der Waals surface area (Å²) in [6.07, 6.45) is 13.9. The van der Waals surface area contributed by atoms with Gasteiger partial charge in [0.1, 0.15) is 6.10 Å². The predicted octanol–water partition coefficient (Wildman–Crippen LogP) is 2.51. The largest absolute Gasteiger partial charge is 0.380 e. The van der Waals surface area contributed by atoms with Crippen LogP contribution in [0.1, 0.15) is 39.0 Å². The Kier molecular flexibility index (Phi) is 7.84. The topological polar surface area (TPSA) is 20.2 Å². The maximum atomic E-state index is 9.00. The first kappa shape index (κ1) is 11.3. The number of aliphatic hydroxyl groups is 1. The summed E-state index contributed by atoms with van der Waals surface area (Å²) in [5.41, 5.74) is 0. The molecule has 1 nitrogen and oxygen atoms in total. The molecule has 1 atom stereocenters. The van der Waals surface area contributed by atoms with Crippen LogP contribution in [0.2, 0.25) is 0 Å². The van der Waals surface area contributed by atoms with Gasteiger partial charge in [-0.25, -0.2) is 0 Å². The van der Waals surface area contributed by atoms with Crippen LogP contribution in [0.5, 0.6) is 0 Å². The molecule has 0 amide bonds. The third-order valence-electron chi connectivity index (χ3n) is 1.66. The monoisotopic (exact) mass is 166 g/mol. The van der Waals surface area contributed by atoms with Crippen molar-refractivity contribution in [2.45, 2.75) is 45.1 Å². The normalized spacial score (nSPS) is 13.1. The SMILES string of the molecule is C#CC(O)CCC/C=C/CCC. The van der Waals surface area contributed by atoms with Crippen molar-refractivity contribution in [1.82, 2.24) is 0 Å². The highest BCUT2D eigenvalue weighted by Gasteiger charge is 1.95. The Bertz CT molecular complexity index is 153. The first-order valence-electron chi connectivity index (χ1n) is 4.60. The molecule has 0 aliphatic heterocycles. The van der Waals surface area contributed by atoms with Gasteiger partial charge in [-0.3, -0.25) is 0 Å². The Morgan fingerprint density at radius 1 is 1.42 bits per heavy atom. The molecule has 0 saturated carbocycles. The van der Waals surface area contributed by atoms with Gasteiger partial charge in [0.25, 0.3) is 0 Å². The lowest BCUT2D eigenvalue weighted by atomic mass is 10.1. The Morgan fingerprint density at radius 3 is 2.67 bits per heavy atom. The van der Waals surface area contributed by atoms with E-state index in [2.05, 4.69) is 25.0 Å². The summed E-state index contributed by atoms with van der Waals surface area (Å²) in [7, 11) is 0. The van der Waals surface area contributed by atoms with Gasteiger partial charge in [-0.1, -0.05) is 31.4 Å². The van der Waals surface area contributed by atoms with Crippen LogP contribution >= 0.6 is 0 Å². The zero-order valence-electron chi connectivity index (χ0n) is 7.79. The number of hydrogen-bond acceptors (Lipinski definition) is 1. The van der Waals surface area contributed by atoms with Crippen LogP contribution in [0.3, 0.4) is 0 Å². The molecular weight excluding hydrogens is 148 g/mol. The summed E-state index contributed by atoms with van der Waals surface area (Å²) in [6.45, 7) is 2.16. The van der Waals surface area contributed by atoms with Gasteiger partial charge in [-0.15, -0.1) is 6.42 Å². The van der Waals surface area contributed by atoms with Gasteiger partial charge >= 0.3 is 0 Å². The Hall–Kier alpha value is -0.740. The molecule has 0 bridgehead atoms. The summed E-state index contributed by atoms with van der Waals surface area (Å²) in [4.78, 5) is 0. The number of aliphatic hydroxyl groups excluding tert-OH is 1. The van der Waals surface area contributed by atoms with E-state index in [4.69, 9.17) is 11.5 Å². The second kappa shape index (κ2) is 8.36. The highest BCUT2D eigenvalue weighted by Crippen LogP contribution is 2.01. The van der Waals surface area contributed by atoms with Crippen LogP contribution in [0, 0.1) is 12.3 Å². The third kappa shape index (κ3) is 7.37. The van der Waals surface area contributed by atoms with Gasteiger partial charge in [0, 0.05) is 0 Å². The average Bonchev–Trinajstić information content (AvgIpc) is 2.10. The molecule has 0 aromatic rings. The van der Waals surface area contributed by atoms with Crippen LogP contribution < -0.4 is 0 Å². The van der Waals surface area contributed by atoms with Gasteiger partial charge in [-0.05, 0) is 25.7 Å². The minimum Gasteiger partial charge on any atom is -0.380 e. The van der Waals surface area contributed by atoms with E-state index in [0.29, 0.717) is 6.42 Å². The lowest BCUT2D eigenvalue weighted by Crippen LogP contribution is -2.00. The van der Waals surface area contributed by atoms with E-state index in [9.17, 15) is 0 Å². The first-order valence-corrected chi connectivity index (χ1v) is 4.60. The Morgan fingerprint density at radius 2 is 2.08 bits per heavy atom. The van der Waals surface area contributed by atoms with Crippen LogP contribution in [-0.2, 0) is 0 Å². The zero-order chi connectivity index (χ0) is 9.23. The molecule has 0 radical (unpaired) electrons. The molecule has 1 heteroatoms. The lowest BCUT2D eigenvalue weighted by molar-refractivity contribution is 0.219. The van der Waals surface area contributed by atoms with Crippen molar-refractivity contribution >= 4 is 0 Å². The number of hydrogen-bond donors (Lipinski definition) is 1. The highest BCUT2D eigenvalue weighted by atomic mass is 16.3. The van der Waals surface area contributed by atoms with E-state index in [1.165, 1.54) is 6.42 Å². The minimum atomic E-state index is -0.551. The van der Waals surface area contributed by atoms with E-state index >= 15 is 0 Å². The lowest BCUT2D eigenvalue weighted by Gasteiger charge is -1.99. The first-order chi connectivity index (χ1) is 5.81. The molecule has 0 aromatic heterocycles. The molecule has 0 aromatic carbocycles. The maximum Gasteiger partial charge on any atom is 0.114 e. The summed E-state index contributed by atoms with van der Waals surface area (Å²) in [5.74, 6) is 2.30. The van der Waals surface area contributed by atoms with E-state index < -0.39 is 6.10 Å². The van der Waals surface area contributed by atoms with Gasteiger partial charge in [0.2, 0.25) is 0 Å². The third-order valence-corrected chi connectivity index (χ3v) is 1.66. The Balaban J connectivity index is 3.16. The minimum absolute atomic E-state index is 0.551. The van der Waals surface area contributed by atoms with Gasteiger partial charge in [0.05, 0.1) is 0 Å². The number of allylic oxidation sites excluding steroid dienone is 2. The van der Waals surface area contributed by atoms with Crippen molar-refractivity contribution in [2.24, 2.45) is 0 Å². The summed E-state index contributed by atoms with van der Waals surface area (Å²) < 4.78 is 0. The molecule has 0 heterocycles.